The van der Waals surface area contributed by atoms with Gasteiger partial charge in [-0.25, -0.2) is 0 Å². The first-order chi connectivity index (χ1) is 18.4. The lowest BCUT2D eigenvalue weighted by atomic mass is 10.1. The van der Waals surface area contributed by atoms with E-state index in [0.717, 1.165) is 36.0 Å². The van der Waals surface area contributed by atoms with E-state index in [1.807, 2.05) is 0 Å². The SMILES string of the molecule is O=C(CSc1nnc(CNC(=O)c2ccco2)n1-c1cccc(C(F)(F)F)c1)Nc1ccccc1C(F)(F)F. The zero-order valence-corrected chi connectivity index (χ0v) is 20.3. The van der Waals surface area contributed by atoms with E-state index in [4.69, 9.17) is 4.42 Å². The lowest BCUT2D eigenvalue weighted by molar-refractivity contribution is -0.138. The molecule has 2 N–H and O–H groups in total. The van der Waals surface area contributed by atoms with Crippen LogP contribution in [-0.2, 0) is 23.7 Å². The van der Waals surface area contributed by atoms with Gasteiger partial charge in [0, 0.05) is 0 Å². The Morgan fingerprint density at radius 3 is 2.38 bits per heavy atom. The molecule has 0 fully saturated rings. The number of hydrogen-bond donors (Lipinski definition) is 2. The summed E-state index contributed by atoms with van der Waals surface area (Å²) in [5.41, 5.74) is -2.46. The summed E-state index contributed by atoms with van der Waals surface area (Å²) in [6.07, 6.45) is -8.07. The third kappa shape index (κ3) is 6.79. The number of furan rings is 1. The van der Waals surface area contributed by atoms with Crippen molar-refractivity contribution < 1.29 is 40.3 Å². The number of nitrogens with zero attached hydrogens (tertiary/aromatic N) is 3. The number of alkyl halides is 6. The number of para-hydroxylation sites is 1. The lowest BCUT2D eigenvalue weighted by Crippen LogP contribution is -2.24. The van der Waals surface area contributed by atoms with Crippen LogP contribution in [0, 0.1) is 0 Å². The highest BCUT2D eigenvalue weighted by Crippen LogP contribution is 2.35. The molecule has 2 heterocycles. The van der Waals surface area contributed by atoms with Crippen LogP contribution in [0.4, 0.5) is 32.0 Å². The van der Waals surface area contributed by atoms with E-state index in [-0.39, 0.29) is 29.0 Å². The van der Waals surface area contributed by atoms with Crippen LogP contribution < -0.4 is 10.6 Å². The van der Waals surface area contributed by atoms with Gasteiger partial charge in [0.05, 0.1) is 41.1 Å². The number of aromatic nitrogens is 3. The third-order valence-corrected chi connectivity index (χ3v) is 6.05. The average molecular weight is 569 g/mol. The largest absolute Gasteiger partial charge is 0.459 e. The van der Waals surface area contributed by atoms with E-state index in [1.54, 1.807) is 0 Å². The van der Waals surface area contributed by atoms with E-state index in [9.17, 15) is 35.9 Å². The summed E-state index contributed by atoms with van der Waals surface area (Å²) in [7, 11) is 0. The molecule has 2 aromatic carbocycles. The number of benzene rings is 2. The number of thioether (sulfide) groups is 1. The minimum absolute atomic E-state index is 0.00876. The predicted octanol–water partition coefficient (Wildman–Crippen LogP) is 5.56. The van der Waals surface area contributed by atoms with Gasteiger partial charge in [-0.2, -0.15) is 26.3 Å². The van der Waals surface area contributed by atoms with Crippen LogP contribution in [0.25, 0.3) is 5.69 Å². The molecule has 0 unspecified atom stereocenters. The number of anilines is 1. The quantitative estimate of drug-likeness (QED) is 0.213. The topological polar surface area (TPSA) is 102 Å². The van der Waals surface area contributed by atoms with Gasteiger partial charge < -0.3 is 15.1 Å². The van der Waals surface area contributed by atoms with Gasteiger partial charge in [-0.3, -0.25) is 14.2 Å². The number of nitrogens with one attached hydrogen (secondary N) is 2. The van der Waals surface area contributed by atoms with Gasteiger partial charge in [0.25, 0.3) is 5.91 Å². The van der Waals surface area contributed by atoms with Gasteiger partial charge in [0.15, 0.2) is 16.7 Å². The maximum atomic E-state index is 13.4. The normalized spacial score (nSPS) is 11.8. The number of carbonyl (C=O) groups is 2. The molecule has 15 heteroatoms. The second kappa shape index (κ2) is 11.2. The Morgan fingerprint density at radius 2 is 1.69 bits per heavy atom. The zero-order chi connectivity index (χ0) is 28.2. The first-order valence-corrected chi connectivity index (χ1v) is 11.9. The summed E-state index contributed by atoms with van der Waals surface area (Å²) < 4.78 is 86.0. The van der Waals surface area contributed by atoms with Gasteiger partial charge in [-0.15, -0.1) is 10.2 Å². The van der Waals surface area contributed by atoms with Crippen molar-refractivity contribution in [3.63, 3.8) is 0 Å². The Kier molecular flexibility index (Phi) is 7.99. The molecule has 2 amide bonds. The first kappa shape index (κ1) is 27.8. The zero-order valence-electron chi connectivity index (χ0n) is 19.5. The molecule has 0 bridgehead atoms. The predicted molar refractivity (Wildman–Crippen MR) is 127 cm³/mol. The van der Waals surface area contributed by atoms with Gasteiger partial charge in [0.2, 0.25) is 5.91 Å². The minimum atomic E-state index is -4.70. The number of carbonyl (C=O) groups excluding carboxylic acids is 2. The molecule has 0 aliphatic carbocycles. The van der Waals surface area contributed by atoms with Gasteiger partial charge in [0.1, 0.15) is 0 Å². The molecule has 8 nitrogen and oxygen atoms in total. The fourth-order valence-electron chi connectivity index (χ4n) is 3.40. The van der Waals surface area contributed by atoms with Crippen LogP contribution in [0.2, 0.25) is 0 Å². The van der Waals surface area contributed by atoms with Crippen LogP contribution in [-0.4, -0.2) is 32.3 Å². The van der Waals surface area contributed by atoms with Crippen molar-refractivity contribution in [1.29, 1.82) is 0 Å². The van der Waals surface area contributed by atoms with Gasteiger partial charge in [-0.1, -0.05) is 30.0 Å². The van der Waals surface area contributed by atoms with Crippen LogP contribution in [0.1, 0.15) is 27.5 Å². The molecule has 4 aromatic rings. The summed E-state index contributed by atoms with van der Waals surface area (Å²) in [6, 6.07) is 11.5. The Bertz CT molecular complexity index is 1470. The first-order valence-electron chi connectivity index (χ1n) is 11.0. The second-order valence-corrected chi connectivity index (χ2v) is 8.76. The lowest BCUT2D eigenvalue weighted by Gasteiger charge is -2.14. The van der Waals surface area contributed by atoms with Gasteiger partial charge >= 0.3 is 12.4 Å². The summed E-state index contributed by atoms with van der Waals surface area (Å²) in [6.45, 7) is -0.269. The Balaban J connectivity index is 1.57. The molecule has 2 aromatic heterocycles. The standard InChI is InChI=1S/C24H17F6N5O3S/c25-23(26,27)14-5-3-6-15(11-14)35-19(12-31-21(37)18-9-4-10-38-18)33-34-22(35)39-13-20(36)32-17-8-2-1-7-16(17)24(28,29)30/h1-11H,12-13H2,(H,31,37)(H,32,36). The molecule has 0 radical (unpaired) electrons. The third-order valence-electron chi connectivity index (χ3n) is 5.12. The summed E-state index contributed by atoms with van der Waals surface area (Å²) in [4.78, 5) is 24.7. The molecule has 0 aliphatic rings. The Morgan fingerprint density at radius 1 is 0.923 bits per heavy atom. The van der Waals surface area contributed by atoms with Crippen LogP contribution in [0.5, 0.6) is 0 Å². The van der Waals surface area contributed by atoms with Crippen molar-refractivity contribution in [2.24, 2.45) is 0 Å². The van der Waals surface area contributed by atoms with Crippen molar-refractivity contribution in [3.8, 4) is 5.69 Å². The fourth-order valence-corrected chi connectivity index (χ4v) is 4.17. The smallest absolute Gasteiger partial charge is 0.418 e. The molecule has 39 heavy (non-hydrogen) atoms. The van der Waals surface area contributed by atoms with E-state index >= 15 is 0 Å². The molecular formula is C24H17F6N5O3S. The van der Waals surface area contributed by atoms with Crippen LogP contribution in [0.3, 0.4) is 0 Å². The summed E-state index contributed by atoms with van der Waals surface area (Å²) in [5, 5.41) is 12.5. The number of rotatable bonds is 8. The fraction of sp³-hybridized carbons (Fsp3) is 0.167. The highest BCUT2D eigenvalue weighted by atomic mass is 32.2. The van der Waals surface area contributed by atoms with E-state index in [0.29, 0.717) is 0 Å². The molecule has 0 atom stereocenters. The Hall–Kier alpha value is -4.27. The van der Waals surface area contributed by atoms with Crippen molar-refractivity contribution in [2.75, 3.05) is 11.1 Å². The summed E-state index contributed by atoms with van der Waals surface area (Å²) in [5.74, 6) is -1.86. The van der Waals surface area contributed by atoms with E-state index < -0.39 is 46.7 Å². The van der Waals surface area contributed by atoms with Crippen LogP contribution in [0.15, 0.2) is 76.5 Å². The van der Waals surface area contributed by atoms with E-state index in [2.05, 4.69) is 20.8 Å². The molecule has 204 valence electrons. The van der Waals surface area contributed by atoms with Gasteiger partial charge in [-0.05, 0) is 42.5 Å². The Labute approximate surface area is 220 Å². The molecule has 0 aliphatic heterocycles. The van der Waals surface area contributed by atoms with Crippen molar-refractivity contribution in [3.05, 3.63) is 89.6 Å². The van der Waals surface area contributed by atoms with Crippen molar-refractivity contribution in [1.82, 2.24) is 20.1 Å². The molecule has 0 saturated carbocycles. The maximum Gasteiger partial charge on any atom is 0.418 e. The number of hydrogen-bond acceptors (Lipinski definition) is 6. The summed E-state index contributed by atoms with van der Waals surface area (Å²) >= 11 is 0.732. The molecule has 4 rings (SSSR count). The average Bonchev–Trinajstić information content (AvgIpc) is 3.56. The number of halogens is 6. The maximum absolute atomic E-state index is 13.4. The van der Waals surface area contributed by atoms with Crippen molar-refractivity contribution >= 4 is 29.3 Å². The molecular weight excluding hydrogens is 552 g/mol. The highest BCUT2D eigenvalue weighted by Gasteiger charge is 2.34. The minimum Gasteiger partial charge on any atom is -0.459 e. The molecule has 0 saturated heterocycles. The van der Waals surface area contributed by atoms with Crippen LogP contribution >= 0.6 is 11.8 Å². The van der Waals surface area contributed by atoms with Crippen molar-refractivity contribution in [2.45, 2.75) is 24.1 Å². The van der Waals surface area contributed by atoms with E-state index in [1.165, 1.54) is 47.2 Å². The monoisotopic (exact) mass is 569 g/mol. The highest BCUT2D eigenvalue weighted by molar-refractivity contribution is 7.99. The second-order valence-electron chi connectivity index (χ2n) is 7.82. The number of amides is 2. The molecule has 0 spiro atoms.